The molecule has 1 saturated heterocycles. The van der Waals surface area contributed by atoms with Crippen molar-refractivity contribution in [2.45, 2.75) is 13.3 Å². The molecule has 7 nitrogen and oxygen atoms in total. The van der Waals surface area contributed by atoms with Crippen molar-refractivity contribution in [2.24, 2.45) is 5.10 Å². The van der Waals surface area contributed by atoms with E-state index in [0.29, 0.717) is 12.2 Å². The lowest BCUT2D eigenvalue weighted by Gasteiger charge is -2.37. The first-order chi connectivity index (χ1) is 14.2. The maximum Gasteiger partial charge on any atom is 0.149 e. The molecule has 2 aliphatic rings. The highest BCUT2D eigenvalue weighted by Gasteiger charge is 2.21. The topological polar surface area (TPSA) is 76.8 Å². The molecule has 0 saturated carbocycles. The summed E-state index contributed by atoms with van der Waals surface area (Å²) in [4.78, 5) is 8.96. The fraction of sp³-hybridized carbons (Fsp3) is 0.318. The van der Waals surface area contributed by atoms with Crippen LogP contribution in [0.3, 0.4) is 0 Å². The second-order valence-electron chi connectivity index (χ2n) is 7.15. The van der Waals surface area contributed by atoms with Gasteiger partial charge < -0.3 is 14.5 Å². The number of nitriles is 1. The average Bonchev–Trinajstić information content (AvgIpc) is 2.78. The third-order valence-electron chi connectivity index (χ3n) is 5.30. The molecular formula is C22H24N6O. The van der Waals surface area contributed by atoms with Crippen molar-refractivity contribution in [3.05, 3.63) is 65.7 Å². The van der Waals surface area contributed by atoms with E-state index in [1.165, 1.54) is 0 Å². The molecule has 0 aliphatic carbocycles. The van der Waals surface area contributed by atoms with Crippen molar-refractivity contribution in [2.75, 3.05) is 37.7 Å². The lowest BCUT2D eigenvalue weighted by molar-refractivity contribution is 0.301. The summed E-state index contributed by atoms with van der Waals surface area (Å²) in [6, 6.07) is 11.8. The van der Waals surface area contributed by atoms with Gasteiger partial charge in [0.05, 0.1) is 24.0 Å². The standard InChI is InChI=1S/C22H24N6O/c1-16-7-9-24-21-20(8-14-29-22(16)21)26-25-17(2)27-10-12-28(13-11-27)19-5-3-18(15-23)4-6-19/h3-7,9,25H,2,8,10-14H2,1H3/b26-20-. The van der Waals surface area contributed by atoms with Crippen molar-refractivity contribution < 1.29 is 4.74 Å². The van der Waals surface area contributed by atoms with Crippen LogP contribution in [0.25, 0.3) is 0 Å². The van der Waals surface area contributed by atoms with Gasteiger partial charge in [-0.3, -0.25) is 10.4 Å². The number of nitrogens with one attached hydrogen (secondary N) is 1. The SMILES string of the molecule is C=C(N/N=C1/CCOc2c(C)ccnc21)N1CCN(c2ccc(C#N)cc2)CC1. The van der Waals surface area contributed by atoms with Gasteiger partial charge in [-0.05, 0) is 42.8 Å². The average molecular weight is 388 g/mol. The summed E-state index contributed by atoms with van der Waals surface area (Å²) in [5, 5.41) is 13.5. The van der Waals surface area contributed by atoms with Crippen molar-refractivity contribution in [1.82, 2.24) is 15.3 Å². The number of hydrazone groups is 1. The zero-order chi connectivity index (χ0) is 20.2. The minimum absolute atomic E-state index is 0.607. The molecule has 1 aromatic heterocycles. The monoisotopic (exact) mass is 388 g/mol. The molecule has 2 aromatic rings. The number of ether oxygens (including phenoxy) is 1. The van der Waals surface area contributed by atoms with E-state index in [1.54, 1.807) is 6.20 Å². The lowest BCUT2D eigenvalue weighted by atomic mass is 10.1. The highest BCUT2D eigenvalue weighted by Crippen LogP contribution is 2.26. The molecule has 0 radical (unpaired) electrons. The summed E-state index contributed by atoms with van der Waals surface area (Å²) in [7, 11) is 0. The second-order valence-corrected chi connectivity index (χ2v) is 7.15. The van der Waals surface area contributed by atoms with E-state index >= 15 is 0 Å². The summed E-state index contributed by atoms with van der Waals surface area (Å²) in [6.45, 7) is 10.3. The normalized spacial score (nSPS) is 17.3. The number of piperazine rings is 1. The summed E-state index contributed by atoms with van der Waals surface area (Å²) in [5.74, 6) is 1.61. The predicted octanol–water partition coefficient (Wildman–Crippen LogP) is 2.63. The summed E-state index contributed by atoms with van der Waals surface area (Å²) < 4.78 is 5.75. The lowest BCUT2D eigenvalue weighted by Crippen LogP contribution is -2.47. The van der Waals surface area contributed by atoms with Crippen LogP contribution < -0.4 is 15.1 Å². The fourth-order valence-electron chi connectivity index (χ4n) is 3.59. The Labute approximate surface area is 170 Å². The second kappa shape index (κ2) is 8.23. The third kappa shape index (κ3) is 4.02. The molecule has 29 heavy (non-hydrogen) atoms. The van der Waals surface area contributed by atoms with Crippen LogP contribution in [0.2, 0.25) is 0 Å². The summed E-state index contributed by atoms with van der Waals surface area (Å²) in [6.07, 6.45) is 2.51. The van der Waals surface area contributed by atoms with Gasteiger partial charge in [0.1, 0.15) is 17.3 Å². The van der Waals surface area contributed by atoms with Crippen LogP contribution in [0, 0.1) is 18.3 Å². The first kappa shape index (κ1) is 18.8. The van der Waals surface area contributed by atoms with Crippen molar-refractivity contribution >= 4 is 11.4 Å². The molecule has 7 heteroatoms. The molecule has 2 aliphatic heterocycles. The molecule has 1 aromatic carbocycles. The molecule has 0 spiro atoms. The predicted molar refractivity (Wildman–Crippen MR) is 113 cm³/mol. The van der Waals surface area contributed by atoms with Crippen molar-refractivity contribution in [1.29, 1.82) is 5.26 Å². The highest BCUT2D eigenvalue weighted by atomic mass is 16.5. The van der Waals surface area contributed by atoms with Crippen LogP contribution in [0.4, 0.5) is 5.69 Å². The number of aromatic nitrogens is 1. The van der Waals surface area contributed by atoms with E-state index in [9.17, 15) is 0 Å². The van der Waals surface area contributed by atoms with Gasteiger partial charge in [-0.15, -0.1) is 0 Å². The van der Waals surface area contributed by atoms with E-state index in [-0.39, 0.29) is 0 Å². The van der Waals surface area contributed by atoms with E-state index in [1.807, 2.05) is 37.3 Å². The van der Waals surface area contributed by atoms with Crippen molar-refractivity contribution in [3.63, 3.8) is 0 Å². The van der Waals surface area contributed by atoms with Gasteiger partial charge in [0.25, 0.3) is 0 Å². The van der Waals surface area contributed by atoms with Gasteiger partial charge >= 0.3 is 0 Å². The quantitative estimate of drug-likeness (QED) is 0.812. The first-order valence-corrected chi connectivity index (χ1v) is 9.76. The summed E-state index contributed by atoms with van der Waals surface area (Å²) >= 11 is 0. The molecule has 148 valence electrons. The van der Waals surface area contributed by atoms with Gasteiger partial charge in [-0.1, -0.05) is 6.58 Å². The van der Waals surface area contributed by atoms with Crippen molar-refractivity contribution in [3.8, 4) is 11.8 Å². The molecule has 0 atom stereocenters. The Morgan fingerprint density at radius 1 is 1.21 bits per heavy atom. The molecule has 0 amide bonds. The molecular weight excluding hydrogens is 364 g/mol. The van der Waals surface area contributed by atoms with Gasteiger partial charge in [0.15, 0.2) is 0 Å². The van der Waals surface area contributed by atoms with Crippen LogP contribution in [-0.4, -0.2) is 48.4 Å². The number of benzene rings is 1. The molecule has 4 rings (SSSR count). The number of hydrogen-bond donors (Lipinski definition) is 1. The minimum Gasteiger partial charge on any atom is -0.491 e. The number of hydrogen-bond acceptors (Lipinski definition) is 7. The van der Waals surface area contributed by atoms with Gasteiger partial charge in [-0.2, -0.15) is 10.4 Å². The van der Waals surface area contributed by atoms with E-state index in [4.69, 9.17) is 10.00 Å². The van der Waals surface area contributed by atoms with E-state index < -0.39 is 0 Å². The Balaban J connectivity index is 1.36. The Bertz CT molecular complexity index is 968. The maximum absolute atomic E-state index is 8.94. The molecule has 1 fully saturated rings. The number of fused-ring (bicyclic) bond motifs is 1. The van der Waals surface area contributed by atoms with Crippen LogP contribution >= 0.6 is 0 Å². The maximum atomic E-state index is 8.94. The Morgan fingerprint density at radius 2 is 1.97 bits per heavy atom. The number of anilines is 1. The van der Waals surface area contributed by atoms with Gasteiger partial charge in [0, 0.05) is 44.5 Å². The number of pyridine rings is 1. The van der Waals surface area contributed by atoms with E-state index in [0.717, 1.165) is 66.8 Å². The van der Waals surface area contributed by atoms with E-state index in [2.05, 4.69) is 38.0 Å². The fourth-order valence-corrected chi connectivity index (χ4v) is 3.59. The highest BCUT2D eigenvalue weighted by molar-refractivity contribution is 6.02. The Kier molecular flexibility index (Phi) is 5.34. The van der Waals surface area contributed by atoms with Crippen LogP contribution in [0.15, 0.2) is 54.0 Å². The molecule has 1 N–H and O–H groups in total. The molecule has 0 bridgehead atoms. The van der Waals surface area contributed by atoms with Crippen LogP contribution in [-0.2, 0) is 0 Å². The van der Waals surface area contributed by atoms with Crippen LogP contribution in [0.5, 0.6) is 5.75 Å². The Hall–Kier alpha value is -3.53. The first-order valence-electron chi connectivity index (χ1n) is 9.76. The smallest absolute Gasteiger partial charge is 0.149 e. The third-order valence-corrected chi connectivity index (χ3v) is 5.30. The number of rotatable bonds is 4. The van der Waals surface area contributed by atoms with Gasteiger partial charge in [-0.25, -0.2) is 0 Å². The minimum atomic E-state index is 0.607. The number of aryl methyl sites for hydroxylation is 1. The van der Waals surface area contributed by atoms with Gasteiger partial charge in [0.2, 0.25) is 0 Å². The number of nitrogens with zero attached hydrogens (tertiary/aromatic N) is 5. The molecule has 3 heterocycles. The zero-order valence-electron chi connectivity index (χ0n) is 16.6. The zero-order valence-corrected chi connectivity index (χ0v) is 16.6. The largest absolute Gasteiger partial charge is 0.491 e. The molecule has 0 unspecified atom stereocenters. The van der Waals surface area contributed by atoms with Crippen LogP contribution in [0.1, 0.15) is 23.2 Å². The Morgan fingerprint density at radius 3 is 2.69 bits per heavy atom. The summed E-state index contributed by atoms with van der Waals surface area (Å²) in [5.41, 5.74) is 7.72.